The average molecular weight is 345 g/mol. The summed E-state index contributed by atoms with van der Waals surface area (Å²) in [6.07, 6.45) is 1.10. The van der Waals surface area contributed by atoms with E-state index in [0.29, 0.717) is 25.9 Å². The van der Waals surface area contributed by atoms with E-state index in [2.05, 4.69) is 20.8 Å². The molecule has 138 valence electrons. The van der Waals surface area contributed by atoms with Gasteiger partial charge in [-0.1, -0.05) is 45.0 Å². The van der Waals surface area contributed by atoms with Gasteiger partial charge in [0.05, 0.1) is 0 Å². The van der Waals surface area contributed by atoms with Crippen LogP contribution >= 0.6 is 0 Å². The Morgan fingerprint density at radius 1 is 0.960 bits per heavy atom. The van der Waals surface area contributed by atoms with E-state index < -0.39 is 5.60 Å². The fourth-order valence-electron chi connectivity index (χ4n) is 3.02. The van der Waals surface area contributed by atoms with Gasteiger partial charge in [0.1, 0.15) is 5.60 Å². The van der Waals surface area contributed by atoms with Crippen molar-refractivity contribution in [3.8, 4) is 0 Å². The van der Waals surface area contributed by atoms with Gasteiger partial charge < -0.3 is 9.64 Å². The van der Waals surface area contributed by atoms with Crippen LogP contribution < -0.4 is 0 Å². The number of carbonyl (C=O) groups is 2. The molecule has 1 aromatic rings. The van der Waals surface area contributed by atoms with Gasteiger partial charge in [0.2, 0.25) is 0 Å². The van der Waals surface area contributed by atoms with Crippen LogP contribution in [0.5, 0.6) is 0 Å². The number of Topliss-reactive ketones (excluding diaryl/α,β-unsaturated/α-hetero) is 1. The lowest BCUT2D eigenvalue weighted by Crippen LogP contribution is -2.43. The fourth-order valence-corrected chi connectivity index (χ4v) is 3.02. The number of rotatable bonds is 2. The molecule has 0 saturated carbocycles. The molecule has 0 aliphatic carbocycles. The van der Waals surface area contributed by atoms with E-state index in [1.54, 1.807) is 4.90 Å². The topological polar surface area (TPSA) is 46.6 Å². The van der Waals surface area contributed by atoms with Crippen molar-refractivity contribution in [3.05, 3.63) is 35.4 Å². The first-order valence-electron chi connectivity index (χ1n) is 9.10. The number of ether oxygens (including phenoxy) is 1. The lowest BCUT2D eigenvalue weighted by atomic mass is 9.84. The zero-order valence-corrected chi connectivity index (χ0v) is 16.4. The molecule has 25 heavy (non-hydrogen) atoms. The SMILES string of the molecule is CC(C)(C)OC(=O)N1CCC(C(=O)c2ccc(C(C)(C)C)cc2)CC1. The number of benzene rings is 1. The van der Waals surface area contributed by atoms with E-state index in [1.807, 2.05) is 45.0 Å². The van der Waals surface area contributed by atoms with E-state index in [0.717, 1.165) is 5.56 Å². The van der Waals surface area contributed by atoms with Gasteiger partial charge in [-0.25, -0.2) is 4.79 Å². The lowest BCUT2D eigenvalue weighted by molar-refractivity contribution is 0.0182. The second-order valence-corrected chi connectivity index (χ2v) is 8.93. The third kappa shape index (κ3) is 5.32. The maximum absolute atomic E-state index is 12.7. The molecule has 0 unspecified atom stereocenters. The van der Waals surface area contributed by atoms with Crippen LogP contribution in [0.3, 0.4) is 0 Å². The van der Waals surface area contributed by atoms with Gasteiger partial charge in [0, 0.05) is 24.6 Å². The quantitative estimate of drug-likeness (QED) is 0.722. The standard InChI is InChI=1S/C21H31NO3/c1-20(2,3)17-9-7-15(8-10-17)18(23)16-11-13-22(14-12-16)19(24)25-21(4,5)6/h7-10,16H,11-14H2,1-6H3. The molecular formula is C21H31NO3. The Bertz CT molecular complexity index is 612. The zero-order valence-electron chi connectivity index (χ0n) is 16.4. The second kappa shape index (κ2) is 7.19. The van der Waals surface area contributed by atoms with Crippen molar-refractivity contribution in [1.82, 2.24) is 4.90 Å². The summed E-state index contributed by atoms with van der Waals surface area (Å²) < 4.78 is 5.40. The van der Waals surface area contributed by atoms with Crippen molar-refractivity contribution in [1.29, 1.82) is 0 Å². The maximum Gasteiger partial charge on any atom is 0.410 e. The number of nitrogens with zero attached hydrogens (tertiary/aromatic N) is 1. The molecule has 1 aromatic carbocycles. The number of amides is 1. The summed E-state index contributed by atoms with van der Waals surface area (Å²) >= 11 is 0. The molecule has 1 saturated heterocycles. The highest BCUT2D eigenvalue weighted by atomic mass is 16.6. The van der Waals surface area contributed by atoms with Crippen molar-refractivity contribution in [2.75, 3.05) is 13.1 Å². The third-order valence-corrected chi connectivity index (χ3v) is 4.55. The molecule has 0 aromatic heterocycles. The summed E-state index contributed by atoms with van der Waals surface area (Å²) in [6, 6.07) is 7.96. The van der Waals surface area contributed by atoms with E-state index >= 15 is 0 Å². The Labute approximate surface area is 151 Å². The van der Waals surface area contributed by atoms with E-state index in [9.17, 15) is 9.59 Å². The van der Waals surface area contributed by atoms with E-state index in [1.165, 1.54) is 5.56 Å². The fraction of sp³-hybridized carbons (Fsp3) is 0.619. The van der Waals surface area contributed by atoms with Crippen LogP contribution in [-0.2, 0) is 10.2 Å². The largest absolute Gasteiger partial charge is 0.444 e. The second-order valence-electron chi connectivity index (χ2n) is 8.93. The summed E-state index contributed by atoms with van der Waals surface area (Å²) in [6.45, 7) is 13.2. The maximum atomic E-state index is 12.7. The Kier molecular flexibility index (Phi) is 5.60. The Morgan fingerprint density at radius 3 is 1.92 bits per heavy atom. The molecule has 1 amide bonds. The normalized spacial score (nSPS) is 16.6. The van der Waals surface area contributed by atoms with Gasteiger partial charge in [-0.15, -0.1) is 0 Å². The van der Waals surface area contributed by atoms with Gasteiger partial charge >= 0.3 is 6.09 Å². The van der Waals surface area contributed by atoms with Crippen LogP contribution in [0.1, 0.15) is 70.3 Å². The molecule has 0 atom stereocenters. The molecule has 0 N–H and O–H groups in total. The minimum Gasteiger partial charge on any atom is -0.444 e. The predicted molar refractivity (Wildman–Crippen MR) is 100 cm³/mol. The van der Waals surface area contributed by atoms with E-state index in [-0.39, 0.29) is 23.2 Å². The highest BCUT2D eigenvalue weighted by molar-refractivity contribution is 5.98. The number of hydrogen-bond acceptors (Lipinski definition) is 3. The molecule has 2 rings (SSSR count). The van der Waals surface area contributed by atoms with Crippen molar-refractivity contribution in [2.45, 2.75) is 65.4 Å². The molecule has 4 nitrogen and oxygen atoms in total. The van der Waals surface area contributed by atoms with Gasteiger partial charge in [0.25, 0.3) is 0 Å². The van der Waals surface area contributed by atoms with Crippen molar-refractivity contribution in [2.24, 2.45) is 5.92 Å². The van der Waals surface area contributed by atoms with Gasteiger partial charge in [-0.05, 0) is 44.6 Å². The molecule has 0 bridgehead atoms. The Hall–Kier alpha value is -1.84. The van der Waals surface area contributed by atoms with Crippen LogP contribution in [-0.4, -0.2) is 35.5 Å². The Morgan fingerprint density at radius 2 is 1.48 bits per heavy atom. The molecule has 4 heteroatoms. The summed E-state index contributed by atoms with van der Waals surface area (Å²) in [7, 11) is 0. The summed E-state index contributed by atoms with van der Waals surface area (Å²) in [4.78, 5) is 26.5. The Balaban J connectivity index is 1.94. The van der Waals surface area contributed by atoms with Crippen molar-refractivity contribution in [3.63, 3.8) is 0 Å². The molecule has 1 aliphatic heterocycles. The molecule has 1 heterocycles. The van der Waals surface area contributed by atoms with E-state index in [4.69, 9.17) is 4.74 Å². The number of carbonyl (C=O) groups excluding carboxylic acids is 2. The van der Waals surface area contributed by atoms with Gasteiger partial charge in [0.15, 0.2) is 5.78 Å². The van der Waals surface area contributed by atoms with Gasteiger partial charge in [-0.2, -0.15) is 0 Å². The van der Waals surface area contributed by atoms with Gasteiger partial charge in [-0.3, -0.25) is 4.79 Å². The number of piperidine rings is 1. The molecule has 0 radical (unpaired) electrons. The first-order valence-corrected chi connectivity index (χ1v) is 9.10. The average Bonchev–Trinajstić information content (AvgIpc) is 2.52. The molecule has 0 spiro atoms. The van der Waals surface area contributed by atoms with Crippen LogP contribution in [0, 0.1) is 5.92 Å². The van der Waals surface area contributed by atoms with Crippen molar-refractivity contribution >= 4 is 11.9 Å². The highest BCUT2D eigenvalue weighted by Gasteiger charge is 2.30. The zero-order chi connectivity index (χ0) is 18.8. The summed E-state index contributed by atoms with van der Waals surface area (Å²) in [5, 5.41) is 0. The first kappa shape index (κ1) is 19.5. The molecule has 1 fully saturated rings. The minimum absolute atomic E-state index is 0.0147. The van der Waals surface area contributed by atoms with Crippen molar-refractivity contribution < 1.29 is 14.3 Å². The van der Waals surface area contributed by atoms with Crippen LogP contribution in [0.4, 0.5) is 4.79 Å². The van der Waals surface area contributed by atoms with Crippen LogP contribution in [0.25, 0.3) is 0 Å². The predicted octanol–water partition coefficient (Wildman–Crippen LogP) is 4.81. The smallest absolute Gasteiger partial charge is 0.410 e. The number of ketones is 1. The van der Waals surface area contributed by atoms with Crippen LogP contribution in [0.15, 0.2) is 24.3 Å². The number of hydrogen-bond donors (Lipinski definition) is 0. The highest BCUT2D eigenvalue weighted by Crippen LogP contribution is 2.26. The summed E-state index contributed by atoms with van der Waals surface area (Å²) in [5.74, 6) is 0.170. The first-order chi connectivity index (χ1) is 11.5. The molecule has 1 aliphatic rings. The van der Waals surface area contributed by atoms with Crippen LogP contribution in [0.2, 0.25) is 0 Å². The lowest BCUT2D eigenvalue weighted by Gasteiger charge is -2.33. The minimum atomic E-state index is -0.488. The monoisotopic (exact) mass is 345 g/mol. The number of likely N-dealkylation sites (tertiary alicyclic amines) is 1. The molecular weight excluding hydrogens is 314 g/mol. The third-order valence-electron chi connectivity index (χ3n) is 4.55. The summed E-state index contributed by atoms with van der Waals surface area (Å²) in [5.41, 5.74) is 1.59.